The number of thiazole rings is 1. The maximum Gasteiger partial charge on any atom is 0.244 e. The fraction of sp³-hybridized carbons (Fsp3) is 0.455. The summed E-state index contributed by atoms with van der Waals surface area (Å²) in [5, 5.41) is 9.46. The highest BCUT2D eigenvalue weighted by Crippen LogP contribution is 2.16. The molecule has 0 amide bonds. The minimum absolute atomic E-state index is 0.239. The molecule has 2 N–H and O–H groups in total. The highest BCUT2D eigenvalue weighted by Gasteiger charge is 2.21. The van der Waals surface area contributed by atoms with Crippen molar-refractivity contribution in [3.63, 3.8) is 0 Å². The van der Waals surface area contributed by atoms with Crippen molar-refractivity contribution in [2.45, 2.75) is 32.1 Å². The number of aromatic amines is 1. The van der Waals surface area contributed by atoms with Crippen LogP contribution in [0.25, 0.3) is 0 Å². The normalized spacial score (nSPS) is 11.9. The number of nitrogens with one attached hydrogen (secondary N) is 2. The number of hydrogen-bond acceptors (Lipinski definition) is 5. The van der Waals surface area contributed by atoms with Crippen LogP contribution in [0.15, 0.2) is 10.3 Å². The van der Waals surface area contributed by atoms with Crippen LogP contribution in [0, 0.1) is 20.8 Å². The minimum atomic E-state index is -3.51. The summed E-state index contributed by atoms with van der Waals surface area (Å²) in [4.78, 5) is 4.53. The Bertz CT molecular complexity index is 653. The summed E-state index contributed by atoms with van der Waals surface area (Å²) in [6.45, 7) is 5.61. The number of aromatic nitrogens is 3. The van der Waals surface area contributed by atoms with Crippen LogP contribution in [0.4, 0.5) is 0 Å². The first-order valence-corrected chi connectivity index (χ1v) is 8.18. The average molecular weight is 300 g/mol. The van der Waals surface area contributed by atoms with Crippen molar-refractivity contribution in [1.29, 1.82) is 0 Å². The predicted molar refractivity (Wildman–Crippen MR) is 73.8 cm³/mol. The monoisotopic (exact) mass is 300 g/mol. The molecule has 0 fully saturated rings. The fourth-order valence-electron chi connectivity index (χ4n) is 1.82. The van der Waals surface area contributed by atoms with Gasteiger partial charge in [0.1, 0.15) is 4.90 Å². The number of nitrogens with zero attached hydrogens (tertiary/aromatic N) is 2. The van der Waals surface area contributed by atoms with Gasteiger partial charge in [0.15, 0.2) is 0 Å². The lowest BCUT2D eigenvalue weighted by molar-refractivity contribution is 0.580. The largest absolute Gasteiger partial charge is 0.281 e. The molecule has 6 nitrogen and oxygen atoms in total. The van der Waals surface area contributed by atoms with E-state index in [0.29, 0.717) is 24.4 Å². The van der Waals surface area contributed by atoms with Gasteiger partial charge in [0, 0.05) is 24.0 Å². The van der Waals surface area contributed by atoms with Gasteiger partial charge in [0.25, 0.3) is 0 Å². The van der Waals surface area contributed by atoms with Crippen LogP contribution in [0.1, 0.15) is 22.1 Å². The molecule has 19 heavy (non-hydrogen) atoms. The van der Waals surface area contributed by atoms with E-state index in [9.17, 15) is 8.42 Å². The third-order valence-corrected chi connectivity index (χ3v) is 5.38. The first kappa shape index (κ1) is 14.2. The van der Waals surface area contributed by atoms with Gasteiger partial charge in [-0.2, -0.15) is 5.10 Å². The quantitative estimate of drug-likeness (QED) is 0.871. The number of aryl methyl sites for hydroxylation is 3. The summed E-state index contributed by atoms with van der Waals surface area (Å²) in [5.41, 5.74) is 1.99. The van der Waals surface area contributed by atoms with E-state index in [1.807, 2.05) is 12.3 Å². The second-order valence-electron chi connectivity index (χ2n) is 4.29. The van der Waals surface area contributed by atoms with Crippen molar-refractivity contribution in [2.24, 2.45) is 0 Å². The lowest BCUT2D eigenvalue weighted by Crippen LogP contribution is -2.26. The van der Waals surface area contributed by atoms with E-state index >= 15 is 0 Å². The van der Waals surface area contributed by atoms with Crippen molar-refractivity contribution in [3.8, 4) is 0 Å². The summed E-state index contributed by atoms with van der Waals surface area (Å²) in [6.07, 6.45) is 0.591. The van der Waals surface area contributed by atoms with Crippen molar-refractivity contribution in [2.75, 3.05) is 6.54 Å². The van der Waals surface area contributed by atoms with Gasteiger partial charge in [-0.1, -0.05) is 0 Å². The van der Waals surface area contributed by atoms with Gasteiger partial charge in [-0.05, 0) is 20.8 Å². The van der Waals surface area contributed by atoms with Crippen LogP contribution in [-0.2, 0) is 16.4 Å². The molecule has 2 rings (SSSR count). The Morgan fingerprint density at radius 1 is 1.37 bits per heavy atom. The second-order valence-corrected chi connectivity index (χ2v) is 6.94. The molecule has 0 saturated carbocycles. The van der Waals surface area contributed by atoms with Gasteiger partial charge in [-0.15, -0.1) is 11.3 Å². The van der Waals surface area contributed by atoms with Gasteiger partial charge < -0.3 is 0 Å². The van der Waals surface area contributed by atoms with Crippen LogP contribution in [0.2, 0.25) is 0 Å². The highest BCUT2D eigenvalue weighted by molar-refractivity contribution is 7.89. The van der Waals surface area contributed by atoms with Gasteiger partial charge in [0.2, 0.25) is 10.0 Å². The fourth-order valence-corrected chi connectivity index (χ4v) is 3.99. The van der Waals surface area contributed by atoms with Crippen molar-refractivity contribution >= 4 is 21.4 Å². The van der Waals surface area contributed by atoms with E-state index in [2.05, 4.69) is 19.9 Å². The molecule has 0 atom stereocenters. The molecular formula is C11H16N4O2S2. The molecule has 0 spiro atoms. The van der Waals surface area contributed by atoms with Crippen molar-refractivity contribution in [3.05, 3.63) is 27.5 Å². The Labute approximate surface area is 116 Å². The molecule has 2 aromatic rings. The topological polar surface area (TPSA) is 87.7 Å². The summed E-state index contributed by atoms with van der Waals surface area (Å²) in [7, 11) is -3.51. The smallest absolute Gasteiger partial charge is 0.244 e. The SMILES string of the molecule is Cc1csc(CCNS(=O)(=O)c2c(C)n[nH]c2C)n1. The lowest BCUT2D eigenvalue weighted by atomic mass is 10.4. The van der Waals surface area contributed by atoms with Crippen molar-refractivity contribution in [1.82, 2.24) is 19.9 Å². The zero-order valence-corrected chi connectivity index (χ0v) is 12.7. The Kier molecular flexibility index (Phi) is 4.02. The molecule has 0 aliphatic carbocycles. The third kappa shape index (κ3) is 3.20. The Morgan fingerprint density at radius 2 is 2.11 bits per heavy atom. The highest BCUT2D eigenvalue weighted by atomic mass is 32.2. The van der Waals surface area contributed by atoms with Gasteiger partial charge in [-0.3, -0.25) is 5.10 Å². The zero-order chi connectivity index (χ0) is 14.0. The molecule has 8 heteroatoms. The molecule has 0 aromatic carbocycles. The summed E-state index contributed by atoms with van der Waals surface area (Å²) >= 11 is 1.54. The number of H-pyrrole nitrogens is 1. The molecule has 0 bridgehead atoms. The van der Waals surface area contributed by atoms with Gasteiger partial charge in [-0.25, -0.2) is 18.1 Å². The van der Waals surface area contributed by atoms with Crippen LogP contribution in [0.5, 0.6) is 0 Å². The molecular weight excluding hydrogens is 284 g/mol. The van der Waals surface area contributed by atoms with Crippen LogP contribution in [-0.4, -0.2) is 30.1 Å². The molecule has 2 heterocycles. The van der Waals surface area contributed by atoms with E-state index in [1.54, 1.807) is 13.8 Å². The minimum Gasteiger partial charge on any atom is -0.281 e. The summed E-state index contributed by atoms with van der Waals surface area (Å²) < 4.78 is 26.9. The molecule has 104 valence electrons. The first-order valence-electron chi connectivity index (χ1n) is 5.82. The second kappa shape index (κ2) is 5.40. The van der Waals surface area contributed by atoms with E-state index in [-0.39, 0.29) is 4.90 Å². The number of sulfonamides is 1. The van der Waals surface area contributed by atoms with E-state index in [0.717, 1.165) is 10.7 Å². The van der Waals surface area contributed by atoms with Gasteiger partial charge in [0.05, 0.1) is 16.4 Å². The maximum absolute atomic E-state index is 12.1. The Balaban J connectivity index is 2.03. The number of hydrogen-bond donors (Lipinski definition) is 2. The number of rotatable bonds is 5. The Hall–Kier alpha value is -1.25. The Morgan fingerprint density at radius 3 is 2.63 bits per heavy atom. The van der Waals surface area contributed by atoms with E-state index < -0.39 is 10.0 Å². The van der Waals surface area contributed by atoms with Crippen molar-refractivity contribution < 1.29 is 8.42 Å². The van der Waals surface area contributed by atoms with Gasteiger partial charge >= 0.3 is 0 Å². The molecule has 0 radical (unpaired) electrons. The maximum atomic E-state index is 12.1. The molecule has 0 aliphatic rings. The van der Waals surface area contributed by atoms with Crippen LogP contribution >= 0.6 is 11.3 Å². The standard InChI is InChI=1S/C11H16N4O2S2/c1-7-6-18-10(13-7)4-5-12-19(16,17)11-8(2)14-15-9(11)3/h6,12H,4-5H2,1-3H3,(H,14,15). The molecule has 0 unspecified atom stereocenters. The molecule has 2 aromatic heterocycles. The average Bonchev–Trinajstić information content (AvgIpc) is 2.86. The summed E-state index contributed by atoms with van der Waals surface area (Å²) in [5.74, 6) is 0. The van der Waals surface area contributed by atoms with Crippen LogP contribution in [0.3, 0.4) is 0 Å². The zero-order valence-electron chi connectivity index (χ0n) is 11.0. The third-order valence-electron chi connectivity index (χ3n) is 2.63. The summed E-state index contributed by atoms with van der Waals surface area (Å²) in [6, 6.07) is 0. The molecule has 0 aliphatic heterocycles. The molecule has 0 saturated heterocycles. The lowest BCUT2D eigenvalue weighted by Gasteiger charge is -2.05. The van der Waals surface area contributed by atoms with Crippen LogP contribution < -0.4 is 4.72 Å². The first-order chi connectivity index (χ1) is 8.90. The predicted octanol–water partition coefficient (Wildman–Crippen LogP) is 1.31. The van der Waals surface area contributed by atoms with E-state index in [4.69, 9.17) is 0 Å². The van der Waals surface area contributed by atoms with E-state index in [1.165, 1.54) is 11.3 Å².